The fourth-order valence-electron chi connectivity index (χ4n) is 2.56. The van der Waals surface area contributed by atoms with Gasteiger partial charge in [-0.25, -0.2) is 0 Å². The second kappa shape index (κ2) is 6.17. The molecule has 0 saturated carbocycles. The number of nitrogens with two attached hydrogens (primary N) is 1. The van der Waals surface area contributed by atoms with Crippen LogP contribution in [0.25, 0.3) is 0 Å². The second-order valence-electron chi connectivity index (χ2n) is 4.83. The Kier molecular flexibility index (Phi) is 4.57. The molecule has 1 atom stereocenters. The van der Waals surface area contributed by atoms with Gasteiger partial charge in [-0.2, -0.15) is 0 Å². The molecule has 95 valence electrons. The first kappa shape index (κ1) is 12.6. The lowest BCUT2D eigenvalue weighted by Gasteiger charge is -2.35. The van der Waals surface area contributed by atoms with Gasteiger partial charge in [-0.3, -0.25) is 14.6 Å². The van der Waals surface area contributed by atoms with Crippen LogP contribution in [-0.4, -0.2) is 54.5 Å². The second-order valence-corrected chi connectivity index (χ2v) is 4.83. The van der Waals surface area contributed by atoms with Crippen LogP contribution >= 0.6 is 0 Å². The van der Waals surface area contributed by atoms with E-state index in [1.165, 1.54) is 0 Å². The smallest absolute Gasteiger partial charge is 0.234 e. The van der Waals surface area contributed by atoms with E-state index in [1.54, 1.807) is 0 Å². The summed E-state index contributed by atoms with van der Waals surface area (Å²) in [6, 6.07) is -0.0796. The zero-order valence-electron chi connectivity index (χ0n) is 10.3. The summed E-state index contributed by atoms with van der Waals surface area (Å²) in [4.78, 5) is 16.0. The fourth-order valence-corrected chi connectivity index (χ4v) is 2.56. The molecule has 1 amide bonds. The molecule has 1 unspecified atom stereocenters. The summed E-state index contributed by atoms with van der Waals surface area (Å²) in [5, 5.41) is 0. The maximum absolute atomic E-state index is 11.4. The van der Waals surface area contributed by atoms with Gasteiger partial charge in [0.1, 0.15) is 0 Å². The number of rotatable bonds is 4. The third-order valence-corrected chi connectivity index (χ3v) is 3.63. The lowest BCUT2D eigenvalue weighted by molar-refractivity contribution is -0.123. The topological polar surface area (TPSA) is 49.6 Å². The summed E-state index contributed by atoms with van der Waals surface area (Å²) in [6.07, 6.45) is 9.67. The van der Waals surface area contributed by atoms with Crippen molar-refractivity contribution in [3.63, 3.8) is 0 Å². The predicted octanol–water partition coefficient (Wildman–Crippen LogP) is 0.402. The Balaban J connectivity index is 1.79. The number of carbonyl (C=O) groups excluding carboxylic acids is 1. The number of hydrogen-bond donors (Lipinski definition) is 1. The van der Waals surface area contributed by atoms with Gasteiger partial charge in [-0.05, 0) is 32.2 Å². The molecular formula is C13H22N3O. The number of piperidine rings is 1. The monoisotopic (exact) mass is 236 g/mol. The third kappa shape index (κ3) is 3.54. The summed E-state index contributed by atoms with van der Waals surface area (Å²) in [5.41, 5.74) is 5.44. The van der Waals surface area contributed by atoms with E-state index < -0.39 is 0 Å². The van der Waals surface area contributed by atoms with E-state index in [4.69, 9.17) is 5.73 Å². The standard InChI is InChI=1S/C13H22N3O/c14-13(17)12-6-2-5-9-16(12)11-10-15-7-3-1-4-8-15/h1-3,12H,4-11H2,(H2,14,17). The molecule has 1 fully saturated rings. The van der Waals surface area contributed by atoms with Gasteiger partial charge in [0.25, 0.3) is 0 Å². The number of nitrogens with zero attached hydrogens (tertiary/aromatic N) is 2. The molecule has 2 heterocycles. The van der Waals surface area contributed by atoms with Crippen molar-refractivity contribution in [3.05, 3.63) is 18.6 Å². The zero-order valence-corrected chi connectivity index (χ0v) is 10.3. The van der Waals surface area contributed by atoms with Gasteiger partial charge in [0.2, 0.25) is 5.91 Å². The number of amides is 1. The molecule has 0 spiro atoms. The molecule has 0 aliphatic carbocycles. The number of primary amides is 1. The summed E-state index contributed by atoms with van der Waals surface area (Å²) >= 11 is 0. The van der Waals surface area contributed by atoms with Crippen LogP contribution in [0.3, 0.4) is 0 Å². The molecule has 0 aromatic carbocycles. The van der Waals surface area contributed by atoms with Gasteiger partial charge in [-0.15, -0.1) is 0 Å². The van der Waals surface area contributed by atoms with Crippen molar-refractivity contribution in [2.45, 2.75) is 25.3 Å². The average molecular weight is 236 g/mol. The van der Waals surface area contributed by atoms with Crippen molar-refractivity contribution in [2.75, 3.05) is 32.7 Å². The lowest BCUT2D eigenvalue weighted by Crippen LogP contribution is -2.50. The van der Waals surface area contributed by atoms with Gasteiger partial charge >= 0.3 is 0 Å². The Bertz CT molecular complexity index is 290. The first-order valence-corrected chi connectivity index (χ1v) is 6.50. The molecule has 4 nitrogen and oxygen atoms in total. The average Bonchev–Trinajstić information content (AvgIpc) is 2.38. The Hall–Kier alpha value is -0.870. The summed E-state index contributed by atoms with van der Waals surface area (Å²) in [7, 11) is 0. The van der Waals surface area contributed by atoms with Crippen LogP contribution < -0.4 is 5.73 Å². The molecule has 0 aromatic heterocycles. The van der Waals surface area contributed by atoms with Gasteiger partial charge in [0, 0.05) is 26.2 Å². The minimum atomic E-state index is -0.181. The molecule has 17 heavy (non-hydrogen) atoms. The van der Waals surface area contributed by atoms with Crippen molar-refractivity contribution < 1.29 is 4.79 Å². The maximum Gasteiger partial charge on any atom is 0.234 e. The number of hydrogen-bond acceptors (Lipinski definition) is 3. The highest BCUT2D eigenvalue weighted by Gasteiger charge is 2.26. The summed E-state index contributed by atoms with van der Waals surface area (Å²) in [5.74, 6) is -0.181. The summed E-state index contributed by atoms with van der Waals surface area (Å²) in [6.45, 7) is 5.14. The zero-order chi connectivity index (χ0) is 12.1. The minimum Gasteiger partial charge on any atom is -0.368 e. The van der Waals surface area contributed by atoms with Crippen LogP contribution in [0, 0.1) is 6.42 Å². The van der Waals surface area contributed by atoms with Gasteiger partial charge < -0.3 is 5.73 Å². The lowest BCUT2D eigenvalue weighted by atomic mass is 10.0. The Morgan fingerprint density at radius 3 is 2.82 bits per heavy atom. The van der Waals surface area contributed by atoms with E-state index in [9.17, 15) is 4.79 Å². The molecule has 2 aliphatic rings. The molecule has 0 bridgehead atoms. The quantitative estimate of drug-likeness (QED) is 0.719. The largest absolute Gasteiger partial charge is 0.368 e. The van der Waals surface area contributed by atoms with Crippen LogP contribution in [0.1, 0.15) is 19.3 Å². The van der Waals surface area contributed by atoms with E-state index >= 15 is 0 Å². The number of carbonyl (C=O) groups is 1. The van der Waals surface area contributed by atoms with Crippen LogP contribution in [0.2, 0.25) is 0 Å². The van der Waals surface area contributed by atoms with E-state index in [0.29, 0.717) is 0 Å². The van der Waals surface area contributed by atoms with Gasteiger partial charge in [-0.1, -0.05) is 12.2 Å². The fraction of sp³-hybridized carbons (Fsp3) is 0.692. The molecule has 2 rings (SSSR count). The van der Waals surface area contributed by atoms with Gasteiger partial charge in [0.15, 0.2) is 0 Å². The Morgan fingerprint density at radius 2 is 2.12 bits per heavy atom. The molecule has 4 heteroatoms. The van der Waals surface area contributed by atoms with E-state index in [0.717, 1.165) is 52.0 Å². The van der Waals surface area contributed by atoms with E-state index in [-0.39, 0.29) is 11.9 Å². The van der Waals surface area contributed by atoms with E-state index in [2.05, 4.69) is 28.4 Å². The first-order valence-electron chi connectivity index (χ1n) is 6.50. The molecular weight excluding hydrogens is 214 g/mol. The normalized spacial score (nSPS) is 27.2. The maximum atomic E-state index is 11.4. The molecule has 2 N–H and O–H groups in total. The third-order valence-electron chi connectivity index (χ3n) is 3.63. The highest BCUT2D eigenvalue weighted by atomic mass is 16.1. The Labute approximate surface area is 103 Å². The first-order chi connectivity index (χ1) is 8.27. The van der Waals surface area contributed by atoms with Crippen molar-refractivity contribution >= 4 is 5.91 Å². The molecule has 1 saturated heterocycles. The molecule has 0 aromatic rings. The van der Waals surface area contributed by atoms with E-state index in [1.807, 2.05) is 0 Å². The van der Waals surface area contributed by atoms with Crippen LogP contribution in [0.5, 0.6) is 0 Å². The highest BCUT2D eigenvalue weighted by Crippen LogP contribution is 2.15. The summed E-state index contributed by atoms with van der Waals surface area (Å²) < 4.78 is 0. The Morgan fingerprint density at radius 1 is 1.24 bits per heavy atom. The van der Waals surface area contributed by atoms with Crippen LogP contribution in [0.4, 0.5) is 0 Å². The van der Waals surface area contributed by atoms with Gasteiger partial charge in [0.05, 0.1) is 6.04 Å². The number of likely N-dealkylation sites (tertiary alicyclic amines) is 1. The van der Waals surface area contributed by atoms with Crippen molar-refractivity contribution in [2.24, 2.45) is 5.73 Å². The predicted molar refractivity (Wildman–Crippen MR) is 68.3 cm³/mol. The van der Waals surface area contributed by atoms with Crippen LogP contribution in [-0.2, 0) is 4.79 Å². The molecule has 2 aliphatic heterocycles. The van der Waals surface area contributed by atoms with Crippen molar-refractivity contribution in [1.82, 2.24) is 9.80 Å². The highest BCUT2D eigenvalue weighted by molar-refractivity contribution is 5.80. The van der Waals surface area contributed by atoms with Crippen LogP contribution in [0.15, 0.2) is 12.2 Å². The SMILES string of the molecule is NC(=O)C1C[CH]CCN1CCN1CC=CCC1. The van der Waals surface area contributed by atoms with Crippen molar-refractivity contribution in [1.29, 1.82) is 0 Å². The molecule has 1 radical (unpaired) electrons. The van der Waals surface area contributed by atoms with Crippen molar-refractivity contribution in [3.8, 4) is 0 Å². The minimum absolute atomic E-state index is 0.0796.